The predicted molar refractivity (Wildman–Crippen MR) is 71.7 cm³/mol. The van der Waals surface area contributed by atoms with E-state index < -0.39 is 0 Å². The van der Waals surface area contributed by atoms with E-state index >= 15 is 0 Å². The lowest BCUT2D eigenvalue weighted by atomic mass is 9.78. The Labute approximate surface area is 108 Å². The van der Waals surface area contributed by atoms with Crippen molar-refractivity contribution in [3.8, 4) is 0 Å². The van der Waals surface area contributed by atoms with Crippen LogP contribution < -0.4 is 5.32 Å². The smallest absolute Gasteiger partial charge is 0.234 e. The van der Waals surface area contributed by atoms with Gasteiger partial charge in [-0.1, -0.05) is 56.5 Å². The molecule has 0 bridgehead atoms. The van der Waals surface area contributed by atoms with Crippen LogP contribution in [0.25, 0.3) is 0 Å². The van der Waals surface area contributed by atoms with Crippen molar-refractivity contribution in [1.82, 2.24) is 5.32 Å². The Hall–Kier alpha value is -0.0500. The first kappa shape index (κ1) is 14.0. The summed E-state index contributed by atoms with van der Waals surface area (Å²) in [6.07, 6.45) is 3.68. The molecule has 0 aromatic heterocycles. The van der Waals surface area contributed by atoms with Crippen LogP contribution in [-0.2, 0) is 4.79 Å². The maximum atomic E-state index is 11.9. The Morgan fingerprint density at radius 1 is 1.31 bits per heavy atom. The average Bonchev–Trinajstić information content (AvgIpc) is 2.23. The third-order valence-electron chi connectivity index (χ3n) is 3.87. The lowest BCUT2D eigenvalue weighted by Crippen LogP contribution is -2.47. The SMILES string of the molecule is CC(C)C(Br)C(=O)NC1CCCC(C)C1C. The molecule has 1 saturated carbocycles. The zero-order valence-corrected chi connectivity index (χ0v) is 12.4. The lowest BCUT2D eigenvalue weighted by Gasteiger charge is -2.35. The van der Waals surface area contributed by atoms with Crippen molar-refractivity contribution in [3.63, 3.8) is 0 Å². The van der Waals surface area contributed by atoms with Gasteiger partial charge in [0.1, 0.15) is 0 Å². The minimum atomic E-state index is -0.0584. The van der Waals surface area contributed by atoms with Crippen LogP contribution in [0.1, 0.15) is 47.0 Å². The van der Waals surface area contributed by atoms with Crippen LogP contribution in [0.3, 0.4) is 0 Å². The minimum Gasteiger partial charge on any atom is -0.352 e. The van der Waals surface area contributed by atoms with Gasteiger partial charge in [0.2, 0.25) is 5.91 Å². The number of alkyl halides is 1. The van der Waals surface area contributed by atoms with Gasteiger partial charge < -0.3 is 5.32 Å². The fraction of sp³-hybridized carbons (Fsp3) is 0.923. The molecule has 1 N–H and O–H groups in total. The van der Waals surface area contributed by atoms with Crippen LogP contribution in [0, 0.1) is 17.8 Å². The number of rotatable bonds is 3. The van der Waals surface area contributed by atoms with Gasteiger partial charge in [-0.2, -0.15) is 0 Å². The first-order valence-corrected chi connectivity index (χ1v) is 7.29. The molecule has 1 amide bonds. The summed E-state index contributed by atoms with van der Waals surface area (Å²) in [6.45, 7) is 8.67. The molecule has 0 aromatic carbocycles. The largest absolute Gasteiger partial charge is 0.352 e. The number of halogens is 1. The van der Waals surface area contributed by atoms with Crippen LogP contribution >= 0.6 is 15.9 Å². The molecule has 4 atom stereocenters. The molecule has 2 nitrogen and oxygen atoms in total. The molecule has 16 heavy (non-hydrogen) atoms. The highest BCUT2D eigenvalue weighted by Crippen LogP contribution is 2.29. The van der Waals surface area contributed by atoms with E-state index in [1.165, 1.54) is 12.8 Å². The summed E-state index contributed by atoms with van der Waals surface area (Å²) in [5, 5.41) is 3.19. The van der Waals surface area contributed by atoms with E-state index in [2.05, 4.69) is 48.9 Å². The molecule has 1 fully saturated rings. The number of carbonyl (C=O) groups is 1. The van der Waals surface area contributed by atoms with Crippen LogP contribution in [0.15, 0.2) is 0 Å². The van der Waals surface area contributed by atoms with Gasteiger partial charge in [-0.25, -0.2) is 0 Å². The standard InChI is InChI=1S/C13H24BrNO/c1-8(2)12(14)13(16)15-11-7-5-6-9(3)10(11)4/h8-12H,5-7H2,1-4H3,(H,15,16). The zero-order chi connectivity index (χ0) is 12.3. The topological polar surface area (TPSA) is 29.1 Å². The van der Waals surface area contributed by atoms with Crippen LogP contribution in [0.5, 0.6) is 0 Å². The zero-order valence-electron chi connectivity index (χ0n) is 10.8. The van der Waals surface area contributed by atoms with E-state index in [1.54, 1.807) is 0 Å². The molecular formula is C13H24BrNO. The van der Waals surface area contributed by atoms with E-state index in [0.29, 0.717) is 17.9 Å². The van der Waals surface area contributed by atoms with E-state index in [1.807, 2.05) is 0 Å². The van der Waals surface area contributed by atoms with Gasteiger partial charge in [-0.3, -0.25) is 4.79 Å². The Balaban J connectivity index is 2.50. The van der Waals surface area contributed by atoms with Crippen molar-refractivity contribution in [3.05, 3.63) is 0 Å². The number of amides is 1. The van der Waals surface area contributed by atoms with Gasteiger partial charge in [0.25, 0.3) is 0 Å². The molecule has 0 spiro atoms. The van der Waals surface area contributed by atoms with Crippen LogP contribution in [0.4, 0.5) is 0 Å². The quantitative estimate of drug-likeness (QED) is 0.794. The van der Waals surface area contributed by atoms with Gasteiger partial charge in [-0.15, -0.1) is 0 Å². The Bertz CT molecular complexity index is 242. The van der Waals surface area contributed by atoms with Gasteiger partial charge in [0.15, 0.2) is 0 Å². The van der Waals surface area contributed by atoms with E-state index in [9.17, 15) is 4.79 Å². The van der Waals surface area contributed by atoms with Crippen molar-refractivity contribution in [2.75, 3.05) is 0 Å². The number of carbonyl (C=O) groups excluding carboxylic acids is 1. The van der Waals surface area contributed by atoms with E-state index in [-0.39, 0.29) is 10.7 Å². The summed E-state index contributed by atoms with van der Waals surface area (Å²) in [5.74, 6) is 1.83. The molecule has 0 heterocycles. The van der Waals surface area contributed by atoms with Crippen LogP contribution in [-0.4, -0.2) is 16.8 Å². The predicted octanol–water partition coefficient (Wildman–Crippen LogP) is 3.35. The summed E-state index contributed by atoms with van der Waals surface area (Å²) in [5.41, 5.74) is 0. The molecule has 4 unspecified atom stereocenters. The van der Waals surface area contributed by atoms with Crippen molar-refractivity contribution in [2.24, 2.45) is 17.8 Å². The normalized spacial score (nSPS) is 32.5. The van der Waals surface area contributed by atoms with Gasteiger partial charge >= 0.3 is 0 Å². The highest BCUT2D eigenvalue weighted by molar-refractivity contribution is 9.10. The van der Waals surface area contributed by atoms with Crippen molar-refractivity contribution >= 4 is 21.8 Å². The Morgan fingerprint density at radius 2 is 1.94 bits per heavy atom. The second-order valence-corrected chi connectivity index (χ2v) is 6.51. The lowest BCUT2D eigenvalue weighted by molar-refractivity contribution is -0.122. The van der Waals surface area contributed by atoms with E-state index in [4.69, 9.17) is 0 Å². The van der Waals surface area contributed by atoms with Gasteiger partial charge in [-0.05, 0) is 24.2 Å². The van der Waals surface area contributed by atoms with Crippen LogP contribution in [0.2, 0.25) is 0 Å². The molecule has 1 aliphatic rings. The Morgan fingerprint density at radius 3 is 2.50 bits per heavy atom. The second-order valence-electron chi connectivity index (χ2n) is 5.53. The highest BCUT2D eigenvalue weighted by Gasteiger charge is 2.30. The van der Waals surface area contributed by atoms with Gasteiger partial charge in [0.05, 0.1) is 4.83 Å². The number of nitrogens with one attached hydrogen (secondary N) is 1. The summed E-state index contributed by atoms with van der Waals surface area (Å²) < 4.78 is 0. The molecule has 0 aliphatic heterocycles. The molecule has 3 heteroatoms. The van der Waals surface area contributed by atoms with Gasteiger partial charge in [0, 0.05) is 6.04 Å². The summed E-state index contributed by atoms with van der Waals surface area (Å²) in [4.78, 5) is 11.9. The molecule has 94 valence electrons. The molecule has 0 radical (unpaired) electrons. The number of hydrogen-bond acceptors (Lipinski definition) is 1. The summed E-state index contributed by atoms with van der Waals surface area (Å²) >= 11 is 3.46. The first-order chi connectivity index (χ1) is 7.43. The maximum absolute atomic E-state index is 11.9. The first-order valence-electron chi connectivity index (χ1n) is 6.38. The number of hydrogen-bond donors (Lipinski definition) is 1. The van der Waals surface area contributed by atoms with Crippen molar-refractivity contribution < 1.29 is 4.79 Å². The molecule has 0 aromatic rings. The summed E-state index contributed by atoms with van der Waals surface area (Å²) in [7, 11) is 0. The monoisotopic (exact) mass is 289 g/mol. The third kappa shape index (κ3) is 3.47. The molecular weight excluding hydrogens is 266 g/mol. The fourth-order valence-electron chi connectivity index (χ4n) is 2.35. The maximum Gasteiger partial charge on any atom is 0.234 e. The molecule has 1 rings (SSSR count). The average molecular weight is 290 g/mol. The third-order valence-corrected chi connectivity index (χ3v) is 5.34. The van der Waals surface area contributed by atoms with E-state index in [0.717, 1.165) is 12.3 Å². The highest BCUT2D eigenvalue weighted by atomic mass is 79.9. The second kappa shape index (κ2) is 6.04. The molecule has 0 saturated heterocycles. The van der Waals surface area contributed by atoms with Crippen molar-refractivity contribution in [1.29, 1.82) is 0 Å². The molecule has 1 aliphatic carbocycles. The summed E-state index contributed by atoms with van der Waals surface area (Å²) in [6, 6.07) is 0.370. The minimum absolute atomic E-state index is 0.0584. The Kier molecular flexibility index (Phi) is 5.29. The van der Waals surface area contributed by atoms with Crippen molar-refractivity contribution in [2.45, 2.75) is 57.8 Å². The fourth-order valence-corrected chi connectivity index (χ4v) is 2.48.